The van der Waals surface area contributed by atoms with Crippen LogP contribution in [-0.2, 0) is 16.0 Å². The van der Waals surface area contributed by atoms with Gasteiger partial charge in [-0.05, 0) is 25.0 Å². The zero-order valence-electron chi connectivity index (χ0n) is 7.82. The van der Waals surface area contributed by atoms with Crippen molar-refractivity contribution in [2.45, 2.75) is 13.3 Å². The van der Waals surface area contributed by atoms with Crippen LogP contribution in [0.3, 0.4) is 0 Å². The van der Waals surface area contributed by atoms with Crippen molar-refractivity contribution in [2.24, 2.45) is 5.92 Å². The first-order chi connectivity index (χ1) is 6.68. The molecule has 1 heterocycles. The molecule has 0 aromatic heterocycles. The van der Waals surface area contributed by atoms with Crippen LogP contribution in [0, 0.1) is 5.92 Å². The Morgan fingerprint density at radius 2 is 2.14 bits per heavy atom. The topological polar surface area (TPSA) is 43.4 Å². The molecule has 0 fully saturated rings. The standard InChI is InChI=1S/C11H10O3/c1-7(12)9-6-8-4-2-3-5-10(8)14-11(9)13/h2-5,9H,6H2,1H3/t9-/m0/s1. The second kappa shape index (κ2) is 3.25. The fourth-order valence-corrected chi connectivity index (χ4v) is 1.56. The Hall–Kier alpha value is -1.64. The summed E-state index contributed by atoms with van der Waals surface area (Å²) in [5.41, 5.74) is 0.923. The number of hydrogen-bond donors (Lipinski definition) is 0. The van der Waals surface area contributed by atoms with Gasteiger partial charge in [-0.3, -0.25) is 9.59 Å². The van der Waals surface area contributed by atoms with Crippen molar-refractivity contribution < 1.29 is 14.3 Å². The third-order valence-electron chi connectivity index (χ3n) is 2.38. The highest BCUT2D eigenvalue weighted by Gasteiger charge is 2.31. The number of ether oxygens (including phenoxy) is 1. The summed E-state index contributed by atoms with van der Waals surface area (Å²) in [6, 6.07) is 7.29. The maximum atomic E-state index is 11.4. The minimum atomic E-state index is -0.620. The van der Waals surface area contributed by atoms with Crippen molar-refractivity contribution in [2.75, 3.05) is 0 Å². The molecule has 2 rings (SSSR count). The molecule has 14 heavy (non-hydrogen) atoms. The van der Waals surface area contributed by atoms with Crippen LogP contribution in [0.4, 0.5) is 0 Å². The van der Waals surface area contributed by atoms with Gasteiger partial charge >= 0.3 is 5.97 Å². The van der Waals surface area contributed by atoms with Gasteiger partial charge in [-0.1, -0.05) is 18.2 Å². The highest BCUT2D eigenvalue weighted by atomic mass is 16.5. The zero-order chi connectivity index (χ0) is 10.1. The minimum absolute atomic E-state index is 0.135. The van der Waals surface area contributed by atoms with Gasteiger partial charge in [0.1, 0.15) is 17.5 Å². The minimum Gasteiger partial charge on any atom is -0.426 e. The predicted octanol–water partition coefficient (Wildman–Crippen LogP) is 1.35. The largest absolute Gasteiger partial charge is 0.426 e. The molecule has 3 nitrogen and oxygen atoms in total. The number of carbonyl (C=O) groups is 2. The Labute approximate surface area is 81.7 Å². The van der Waals surface area contributed by atoms with E-state index in [1.54, 1.807) is 12.1 Å². The number of carbonyl (C=O) groups excluding carboxylic acids is 2. The molecule has 0 spiro atoms. The van der Waals surface area contributed by atoms with Gasteiger partial charge in [0.05, 0.1) is 0 Å². The van der Waals surface area contributed by atoms with Gasteiger partial charge in [-0.15, -0.1) is 0 Å². The van der Waals surface area contributed by atoms with Gasteiger partial charge in [-0.25, -0.2) is 0 Å². The molecule has 1 aliphatic heterocycles. The van der Waals surface area contributed by atoms with Gasteiger partial charge < -0.3 is 4.74 Å². The van der Waals surface area contributed by atoms with E-state index in [9.17, 15) is 9.59 Å². The van der Waals surface area contributed by atoms with E-state index in [0.29, 0.717) is 12.2 Å². The molecule has 1 atom stereocenters. The molecule has 1 aliphatic rings. The molecular formula is C11H10O3. The highest BCUT2D eigenvalue weighted by Crippen LogP contribution is 2.27. The van der Waals surface area contributed by atoms with Gasteiger partial charge in [0, 0.05) is 0 Å². The lowest BCUT2D eigenvalue weighted by Crippen LogP contribution is -2.32. The molecule has 0 aliphatic carbocycles. The van der Waals surface area contributed by atoms with Crippen molar-refractivity contribution >= 4 is 11.8 Å². The summed E-state index contributed by atoms with van der Waals surface area (Å²) in [5.74, 6) is -0.611. The van der Waals surface area contributed by atoms with Crippen molar-refractivity contribution in [1.29, 1.82) is 0 Å². The van der Waals surface area contributed by atoms with E-state index in [2.05, 4.69) is 0 Å². The zero-order valence-corrected chi connectivity index (χ0v) is 7.82. The van der Waals surface area contributed by atoms with Crippen molar-refractivity contribution in [3.63, 3.8) is 0 Å². The summed E-state index contributed by atoms with van der Waals surface area (Å²) < 4.78 is 5.05. The van der Waals surface area contributed by atoms with Crippen molar-refractivity contribution in [3.8, 4) is 5.75 Å². The highest BCUT2D eigenvalue weighted by molar-refractivity contribution is 5.99. The van der Waals surface area contributed by atoms with Crippen molar-refractivity contribution in [3.05, 3.63) is 29.8 Å². The lowest BCUT2D eigenvalue weighted by atomic mass is 9.93. The molecule has 0 saturated carbocycles. The number of benzene rings is 1. The first-order valence-electron chi connectivity index (χ1n) is 4.48. The van der Waals surface area contributed by atoms with Gasteiger partial charge in [0.15, 0.2) is 0 Å². The van der Waals surface area contributed by atoms with Crippen LogP contribution >= 0.6 is 0 Å². The first kappa shape index (κ1) is 8.94. The molecule has 3 heteroatoms. The first-order valence-corrected chi connectivity index (χ1v) is 4.48. The molecule has 0 amide bonds. The normalized spacial score (nSPS) is 19.8. The number of para-hydroxylation sites is 1. The molecular weight excluding hydrogens is 180 g/mol. The number of esters is 1. The maximum absolute atomic E-state index is 11.4. The Morgan fingerprint density at radius 3 is 2.86 bits per heavy atom. The third-order valence-corrected chi connectivity index (χ3v) is 2.38. The number of fused-ring (bicyclic) bond motifs is 1. The van der Waals surface area contributed by atoms with Crippen LogP contribution in [0.15, 0.2) is 24.3 Å². The Kier molecular flexibility index (Phi) is 2.08. The van der Waals surface area contributed by atoms with Crippen LogP contribution in [0.25, 0.3) is 0 Å². The van der Waals surface area contributed by atoms with Crippen LogP contribution in [0.1, 0.15) is 12.5 Å². The number of ketones is 1. The average molecular weight is 190 g/mol. The van der Waals surface area contributed by atoms with E-state index >= 15 is 0 Å². The molecule has 0 saturated heterocycles. The third kappa shape index (κ3) is 1.41. The number of Topliss-reactive ketones (excluding diaryl/α,β-unsaturated/α-hetero) is 1. The summed E-state index contributed by atoms with van der Waals surface area (Å²) in [6.45, 7) is 1.42. The predicted molar refractivity (Wildman–Crippen MR) is 50.0 cm³/mol. The van der Waals surface area contributed by atoms with Crippen LogP contribution in [0.5, 0.6) is 5.75 Å². The van der Waals surface area contributed by atoms with E-state index in [4.69, 9.17) is 4.74 Å². The van der Waals surface area contributed by atoms with Crippen LogP contribution < -0.4 is 4.74 Å². The van der Waals surface area contributed by atoms with Crippen LogP contribution in [-0.4, -0.2) is 11.8 Å². The number of hydrogen-bond acceptors (Lipinski definition) is 3. The summed E-state index contributed by atoms with van der Waals surface area (Å²) >= 11 is 0. The Bertz CT molecular complexity index is 395. The molecule has 1 aromatic rings. The SMILES string of the molecule is CC(=O)[C@@H]1Cc2ccccc2OC1=O. The summed E-state index contributed by atoms with van der Waals surface area (Å²) in [4.78, 5) is 22.5. The fourth-order valence-electron chi connectivity index (χ4n) is 1.56. The molecule has 0 unspecified atom stereocenters. The van der Waals surface area contributed by atoms with E-state index < -0.39 is 11.9 Å². The van der Waals surface area contributed by atoms with E-state index in [1.807, 2.05) is 12.1 Å². The summed E-state index contributed by atoms with van der Waals surface area (Å²) in [5, 5.41) is 0. The van der Waals surface area contributed by atoms with E-state index in [-0.39, 0.29) is 5.78 Å². The quantitative estimate of drug-likeness (QED) is 0.381. The van der Waals surface area contributed by atoms with Crippen LogP contribution in [0.2, 0.25) is 0 Å². The molecule has 0 radical (unpaired) electrons. The molecule has 0 N–H and O–H groups in total. The summed E-state index contributed by atoms with van der Waals surface area (Å²) in [7, 11) is 0. The van der Waals surface area contributed by atoms with Gasteiger partial charge in [-0.2, -0.15) is 0 Å². The average Bonchev–Trinajstić information content (AvgIpc) is 2.16. The second-order valence-corrected chi connectivity index (χ2v) is 3.40. The van der Waals surface area contributed by atoms with Gasteiger partial charge in [0.2, 0.25) is 0 Å². The van der Waals surface area contributed by atoms with Crippen molar-refractivity contribution in [1.82, 2.24) is 0 Å². The van der Waals surface area contributed by atoms with Gasteiger partial charge in [0.25, 0.3) is 0 Å². The Balaban J connectivity index is 2.36. The monoisotopic (exact) mass is 190 g/mol. The molecule has 0 bridgehead atoms. The van der Waals surface area contributed by atoms with E-state index in [0.717, 1.165) is 5.56 Å². The second-order valence-electron chi connectivity index (χ2n) is 3.40. The lowest BCUT2D eigenvalue weighted by Gasteiger charge is -2.20. The van der Waals surface area contributed by atoms with E-state index in [1.165, 1.54) is 6.92 Å². The molecule has 1 aromatic carbocycles. The maximum Gasteiger partial charge on any atom is 0.322 e. The lowest BCUT2D eigenvalue weighted by molar-refractivity contribution is -0.144. The smallest absolute Gasteiger partial charge is 0.322 e. The Morgan fingerprint density at radius 1 is 1.43 bits per heavy atom. The number of rotatable bonds is 1. The summed E-state index contributed by atoms with van der Waals surface area (Å²) in [6.07, 6.45) is 0.463. The molecule has 72 valence electrons. The fraction of sp³-hybridized carbons (Fsp3) is 0.273.